The van der Waals surface area contributed by atoms with Gasteiger partial charge < -0.3 is 15.7 Å². The van der Waals surface area contributed by atoms with Crippen LogP contribution in [0.25, 0.3) is 16.8 Å². The molecule has 54 heavy (non-hydrogen) atoms. The molecule has 0 amide bonds. The number of halogens is 2. The number of rotatable bonds is 11. The van der Waals surface area contributed by atoms with E-state index in [4.69, 9.17) is 11.6 Å². The van der Waals surface area contributed by atoms with Crippen molar-refractivity contribution in [3.05, 3.63) is 77.3 Å². The Morgan fingerprint density at radius 3 is 1.98 bits per heavy atom. The van der Waals surface area contributed by atoms with Crippen LogP contribution in [0.2, 0.25) is 5.28 Å². The van der Waals surface area contributed by atoms with Crippen LogP contribution >= 0.6 is 11.6 Å². The Morgan fingerprint density at radius 2 is 1.43 bits per heavy atom. The van der Waals surface area contributed by atoms with E-state index in [1.807, 2.05) is 13.0 Å². The van der Waals surface area contributed by atoms with Crippen molar-refractivity contribution in [2.75, 3.05) is 10.6 Å². The molecule has 20 nitrogen and oxygen atoms in total. The van der Waals surface area contributed by atoms with Gasteiger partial charge in [0.1, 0.15) is 31.9 Å². The Hall–Kier alpha value is -5.25. The Labute approximate surface area is 309 Å². The molecule has 5 aromatic rings. The lowest BCUT2D eigenvalue weighted by atomic mass is 10.1. The smallest absolute Gasteiger partial charge is 0.298 e. The van der Waals surface area contributed by atoms with Gasteiger partial charge in [-0.25, -0.2) is 4.39 Å². The fraction of sp³-hybridized carbons (Fsp3) is 0.0357. The number of phenols is 1. The lowest BCUT2D eigenvalue weighted by molar-refractivity contribution is 0.469. The van der Waals surface area contributed by atoms with Crippen LogP contribution in [0.1, 0.15) is 11.1 Å². The first kappa shape index (κ1) is 39.9. The van der Waals surface area contributed by atoms with E-state index in [-0.39, 0.29) is 12.0 Å². The van der Waals surface area contributed by atoms with Crippen LogP contribution in [-0.2, 0) is 40.5 Å². The monoisotopic (exact) mass is 845 g/mol. The second-order valence-electron chi connectivity index (χ2n) is 10.8. The van der Waals surface area contributed by atoms with Gasteiger partial charge in [-0.3, -0.25) is 18.2 Å². The maximum absolute atomic E-state index is 15.0. The molecule has 0 aliphatic rings. The van der Waals surface area contributed by atoms with Crippen LogP contribution in [-0.4, -0.2) is 71.9 Å². The minimum absolute atomic E-state index is 0.0617. The maximum atomic E-state index is 15.0. The van der Waals surface area contributed by atoms with Crippen molar-refractivity contribution < 1.29 is 61.4 Å². The quantitative estimate of drug-likeness (QED) is 0.0649. The zero-order valence-corrected chi connectivity index (χ0v) is 30.6. The van der Waals surface area contributed by atoms with Gasteiger partial charge in [-0.05, 0) is 59.8 Å². The number of aromatic hydroxyl groups is 1. The standard InChI is InChI=1S/C28H21ClFN7O13S4/c1-3-16-24(53(45,46)47)17(30)11-19(25(16)54(48,49)50)36-37-22-20(52(42,43)44)9-13-8-15(51(39,40)41)10-18(21(13)23(22)38)32-28-34-26(29)33-27(35-28)31-14-6-4-5-12(2)7-14/h3-11,38H,1H2,2H3,(H,39,40,41)(H,42,43,44)(H,45,46,47)(H,48,49,50)(H2,31,32,33,34,35). The van der Waals surface area contributed by atoms with Gasteiger partial charge in [0, 0.05) is 22.7 Å². The summed E-state index contributed by atoms with van der Waals surface area (Å²) in [5.74, 6) is -3.67. The normalized spacial score (nSPS) is 12.6. The fourth-order valence-corrected chi connectivity index (χ4v) is 7.97. The third-order valence-corrected chi connectivity index (χ3v) is 10.8. The number of azo groups is 1. The zero-order valence-electron chi connectivity index (χ0n) is 26.5. The molecule has 0 aliphatic heterocycles. The van der Waals surface area contributed by atoms with Gasteiger partial charge in [0.05, 0.1) is 10.6 Å². The van der Waals surface area contributed by atoms with Crippen molar-refractivity contribution in [2.45, 2.75) is 26.5 Å². The molecule has 5 rings (SSSR count). The first-order valence-corrected chi connectivity index (χ1v) is 20.2. The molecule has 0 radical (unpaired) electrons. The molecule has 0 saturated carbocycles. The van der Waals surface area contributed by atoms with E-state index in [9.17, 15) is 61.4 Å². The molecule has 0 unspecified atom stereocenters. The Bertz CT molecular complexity index is 2910. The van der Waals surface area contributed by atoms with E-state index in [0.29, 0.717) is 23.9 Å². The first-order valence-electron chi connectivity index (χ1n) is 14.0. The highest BCUT2D eigenvalue weighted by atomic mass is 35.5. The predicted molar refractivity (Wildman–Crippen MR) is 188 cm³/mol. The Kier molecular flexibility index (Phi) is 10.5. The van der Waals surface area contributed by atoms with Crippen molar-refractivity contribution >= 4 is 104 Å². The summed E-state index contributed by atoms with van der Waals surface area (Å²) >= 11 is 6.08. The van der Waals surface area contributed by atoms with Gasteiger partial charge in [0.15, 0.2) is 5.75 Å². The fourth-order valence-electron chi connectivity index (χ4n) is 4.95. The van der Waals surface area contributed by atoms with Crippen LogP contribution in [0.15, 0.2) is 84.9 Å². The van der Waals surface area contributed by atoms with Gasteiger partial charge in [-0.1, -0.05) is 24.8 Å². The van der Waals surface area contributed by atoms with Crippen LogP contribution < -0.4 is 10.6 Å². The van der Waals surface area contributed by atoms with Crippen LogP contribution in [0.3, 0.4) is 0 Å². The van der Waals surface area contributed by atoms with Crippen LogP contribution in [0.4, 0.5) is 39.0 Å². The minimum atomic E-state index is -5.58. The molecule has 0 spiro atoms. The number of nitrogens with zero attached hydrogens (tertiary/aromatic N) is 5. The summed E-state index contributed by atoms with van der Waals surface area (Å²) in [5, 5.41) is 22.2. The lowest BCUT2D eigenvalue weighted by Crippen LogP contribution is -2.10. The summed E-state index contributed by atoms with van der Waals surface area (Å²) < 4.78 is 152. The Balaban J connectivity index is 1.79. The average Bonchev–Trinajstić information content (AvgIpc) is 3.01. The highest BCUT2D eigenvalue weighted by Gasteiger charge is 2.31. The van der Waals surface area contributed by atoms with Gasteiger partial charge in [-0.15, -0.1) is 10.2 Å². The minimum Gasteiger partial charge on any atom is -0.505 e. The van der Waals surface area contributed by atoms with Crippen molar-refractivity contribution in [2.24, 2.45) is 10.2 Å². The summed E-state index contributed by atoms with van der Waals surface area (Å²) in [4.78, 5) is 6.62. The first-order chi connectivity index (χ1) is 24.9. The number of benzene rings is 4. The highest BCUT2D eigenvalue weighted by Crippen LogP contribution is 2.46. The molecular weight excluding hydrogens is 825 g/mol. The third kappa shape index (κ3) is 8.43. The zero-order chi connectivity index (χ0) is 40.1. The SMILES string of the molecule is C=Cc1c(S(=O)(=O)O)c(F)cc(N=Nc2c(S(=O)(=O)O)cc3cc(S(=O)(=O)O)cc(Nc4nc(Cl)nc(Nc5cccc(C)c5)n4)c3c2O)c1S(=O)(=O)O. The largest absolute Gasteiger partial charge is 0.505 e. The molecule has 284 valence electrons. The Morgan fingerprint density at radius 1 is 0.796 bits per heavy atom. The predicted octanol–water partition coefficient (Wildman–Crippen LogP) is 5.36. The van der Waals surface area contributed by atoms with Crippen molar-refractivity contribution in [3.8, 4) is 5.75 Å². The number of phenolic OH excluding ortho intramolecular Hbond substituents is 1. The molecule has 0 bridgehead atoms. The summed E-state index contributed by atoms with van der Waals surface area (Å²) in [7, 11) is -21.6. The summed E-state index contributed by atoms with van der Waals surface area (Å²) in [6, 6.07) is 8.93. The number of nitrogens with one attached hydrogen (secondary N) is 2. The number of aryl methyl sites for hydroxylation is 1. The molecule has 0 fully saturated rings. The van der Waals surface area contributed by atoms with Gasteiger partial charge in [0.2, 0.25) is 17.2 Å². The molecule has 1 heterocycles. The van der Waals surface area contributed by atoms with Crippen molar-refractivity contribution in [3.63, 3.8) is 0 Å². The summed E-state index contributed by atoms with van der Waals surface area (Å²) in [6.07, 6.45) is 0.422. The molecule has 4 aromatic carbocycles. The van der Waals surface area contributed by atoms with E-state index in [2.05, 4.69) is 42.4 Å². The summed E-state index contributed by atoms with van der Waals surface area (Å²) in [6.45, 7) is 4.95. The second kappa shape index (κ2) is 14.2. The topological polar surface area (TPSA) is 325 Å². The van der Waals surface area contributed by atoms with Gasteiger partial charge >= 0.3 is 0 Å². The average molecular weight is 846 g/mol. The molecule has 26 heteroatoms. The number of fused-ring (bicyclic) bond motifs is 1. The maximum Gasteiger partial charge on any atom is 0.298 e. The van der Waals surface area contributed by atoms with E-state index < -0.39 is 116 Å². The number of hydrogen-bond donors (Lipinski definition) is 7. The number of aromatic nitrogens is 3. The van der Waals surface area contributed by atoms with E-state index in [1.165, 1.54) is 0 Å². The molecule has 7 N–H and O–H groups in total. The number of hydrogen-bond acceptors (Lipinski definition) is 16. The molecule has 0 aliphatic carbocycles. The molecule has 0 atom stereocenters. The van der Waals surface area contributed by atoms with Crippen molar-refractivity contribution in [1.29, 1.82) is 0 Å². The van der Waals surface area contributed by atoms with E-state index in [1.54, 1.807) is 18.2 Å². The number of anilines is 4. The van der Waals surface area contributed by atoms with E-state index in [0.717, 1.165) is 11.6 Å². The van der Waals surface area contributed by atoms with Gasteiger partial charge in [-0.2, -0.15) is 48.6 Å². The third-order valence-electron chi connectivity index (χ3n) is 7.01. The van der Waals surface area contributed by atoms with Crippen LogP contribution in [0, 0.1) is 12.7 Å². The molecule has 0 saturated heterocycles. The molecular formula is C28H21ClFN7O13S4. The summed E-state index contributed by atoms with van der Waals surface area (Å²) in [5.41, 5.74) is -2.80. The molecule has 1 aromatic heterocycles. The lowest BCUT2D eigenvalue weighted by Gasteiger charge is -2.15. The van der Waals surface area contributed by atoms with E-state index >= 15 is 0 Å². The highest BCUT2D eigenvalue weighted by molar-refractivity contribution is 7.87. The van der Waals surface area contributed by atoms with Gasteiger partial charge in [0.25, 0.3) is 40.5 Å². The van der Waals surface area contributed by atoms with Crippen LogP contribution in [0.5, 0.6) is 5.75 Å². The van der Waals surface area contributed by atoms with Crippen molar-refractivity contribution in [1.82, 2.24) is 15.0 Å². The second-order valence-corrected chi connectivity index (χ2v) is 16.6.